The molecule has 5 fully saturated rings. The Balaban J connectivity index is 1.50. The molecule has 0 unspecified atom stereocenters. The predicted octanol–water partition coefficient (Wildman–Crippen LogP) is 4.86. The predicted molar refractivity (Wildman–Crippen MR) is 266 cm³/mol. The van der Waals surface area contributed by atoms with Crippen molar-refractivity contribution in [1.29, 1.82) is 0 Å². The summed E-state index contributed by atoms with van der Waals surface area (Å²) in [4.78, 5) is 29.9. The molecular formula is C52H87N7O12. The van der Waals surface area contributed by atoms with E-state index in [9.17, 15) is 15.0 Å². The third kappa shape index (κ3) is 13.4. The SMILES string of the molecule is CCCN1C[C@H](C)[C@H]2OCC(=NOCc3ccc(-n4cccn4)nc3)CO[C@](C)(C[C@H]1C)[C@H](O[C@@H]1O[C@H](C)C[C@H](N(C)C)[C@H]1O)[C@@H](C)[C@H](O[C@H]1C[C@@](C)(OC)[C@H](N)[C@H](C)O1)[C@@H](C)C(=O)O[C@H](CC)[C@@]2(C)O. The molecule has 71 heavy (non-hydrogen) atoms. The lowest BCUT2D eigenvalue weighted by Gasteiger charge is -2.50. The van der Waals surface area contributed by atoms with E-state index in [1.165, 1.54) is 0 Å². The number of fused-ring (bicyclic) bond motifs is 15. The van der Waals surface area contributed by atoms with E-state index in [1.807, 2.05) is 84.9 Å². The number of aromatic nitrogens is 3. The van der Waals surface area contributed by atoms with Crippen LogP contribution in [0.15, 0.2) is 41.9 Å². The molecule has 2 aromatic rings. The summed E-state index contributed by atoms with van der Waals surface area (Å²) >= 11 is 0. The van der Waals surface area contributed by atoms with Crippen molar-refractivity contribution in [3.63, 3.8) is 0 Å². The molecule has 0 aromatic carbocycles. The van der Waals surface area contributed by atoms with Crippen LogP contribution in [-0.4, -0.2) is 184 Å². The summed E-state index contributed by atoms with van der Waals surface area (Å²) in [6.45, 7) is 22.7. The van der Waals surface area contributed by atoms with Crippen molar-refractivity contribution >= 4 is 11.7 Å². The van der Waals surface area contributed by atoms with Gasteiger partial charge in [-0.05, 0) is 113 Å². The molecule has 0 amide bonds. The Labute approximate surface area is 422 Å². The highest BCUT2D eigenvalue weighted by atomic mass is 16.7. The number of nitrogens with two attached hydrogens (primary N) is 1. The van der Waals surface area contributed by atoms with Crippen molar-refractivity contribution in [3.05, 3.63) is 42.4 Å². The van der Waals surface area contributed by atoms with Crippen LogP contribution < -0.4 is 5.73 Å². The first-order valence-electron chi connectivity index (χ1n) is 25.9. The molecule has 2 aromatic heterocycles. The average Bonchev–Trinajstić information content (AvgIpc) is 3.87. The fourth-order valence-corrected chi connectivity index (χ4v) is 11.4. The van der Waals surface area contributed by atoms with Crippen molar-refractivity contribution in [2.24, 2.45) is 28.6 Å². The zero-order chi connectivity index (χ0) is 52.0. The summed E-state index contributed by atoms with van der Waals surface area (Å²) in [5.74, 6) is -1.83. The lowest BCUT2D eigenvalue weighted by atomic mass is 9.78. The van der Waals surface area contributed by atoms with Crippen LogP contribution in [0.3, 0.4) is 0 Å². The maximum atomic E-state index is 14.9. The minimum Gasteiger partial charge on any atom is -0.459 e. The largest absolute Gasteiger partial charge is 0.459 e. The summed E-state index contributed by atoms with van der Waals surface area (Å²) in [5, 5.41) is 33.9. The maximum absolute atomic E-state index is 14.9. The molecule has 5 aliphatic heterocycles. The van der Waals surface area contributed by atoms with Gasteiger partial charge in [0.1, 0.15) is 30.1 Å². The first-order chi connectivity index (χ1) is 33.5. The summed E-state index contributed by atoms with van der Waals surface area (Å²) < 4.78 is 55.7. The van der Waals surface area contributed by atoms with E-state index in [4.69, 9.17) is 48.5 Å². The van der Waals surface area contributed by atoms with Crippen LogP contribution in [0, 0.1) is 17.8 Å². The average molecular weight is 1000 g/mol. The van der Waals surface area contributed by atoms with Gasteiger partial charge < -0.3 is 68.5 Å². The van der Waals surface area contributed by atoms with Crippen LogP contribution in [0.1, 0.15) is 114 Å². The lowest BCUT2D eigenvalue weighted by Crippen LogP contribution is -2.62. The van der Waals surface area contributed by atoms with E-state index >= 15 is 0 Å². The highest BCUT2D eigenvalue weighted by Gasteiger charge is 2.54. The van der Waals surface area contributed by atoms with Crippen molar-refractivity contribution in [3.8, 4) is 5.82 Å². The van der Waals surface area contributed by atoms with Crippen LogP contribution in [0.25, 0.3) is 5.82 Å². The Morgan fingerprint density at radius 1 is 1.03 bits per heavy atom. The highest BCUT2D eigenvalue weighted by Crippen LogP contribution is 2.42. The number of likely N-dealkylation sites (N-methyl/N-ethyl adjacent to an activating group) is 1. The number of pyridine rings is 1. The fourth-order valence-electron chi connectivity index (χ4n) is 11.4. The van der Waals surface area contributed by atoms with Crippen LogP contribution in [0.2, 0.25) is 0 Å². The number of aliphatic hydroxyl groups is 2. The Morgan fingerprint density at radius 3 is 2.41 bits per heavy atom. The molecule has 0 aliphatic carbocycles. The quantitative estimate of drug-likeness (QED) is 0.180. The van der Waals surface area contributed by atoms with Gasteiger partial charge in [0, 0.05) is 62.2 Å². The summed E-state index contributed by atoms with van der Waals surface area (Å²) in [6.07, 6.45) is 0.207. The van der Waals surface area contributed by atoms with E-state index in [-0.39, 0.29) is 56.8 Å². The van der Waals surface area contributed by atoms with Crippen LogP contribution >= 0.6 is 0 Å². The van der Waals surface area contributed by atoms with Gasteiger partial charge in [-0.15, -0.1) is 0 Å². The van der Waals surface area contributed by atoms with Crippen molar-refractivity contribution < 1.29 is 57.7 Å². The molecule has 7 heterocycles. The van der Waals surface area contributed by atoms with Crippen molar-refractivity contribution in [1.82, 2.24) is 24.6 Å². The van der Waals surface area contributed by atoms with Gasteiger partial charge in [-0.2, -0.15) is 5.10 Å². The van der Waals surface area contributed by atoms with E-state index in [0.717, 1.165) is 18.5 Å². The molecular weight excluding hydrogens is 915 g/mol. The number of hydrogen-bond donors (Lipinski definition) is 3. The number of aliphatic hydroxyl groups excluding tert-OH is 1. The first-order valence-corrected chi connectivity index (χ1v) is 25.9. The lowest BCUT2D eigenvalue weighted by molar-refractivity contribution is -0.313. The first kappa shape index (κ1) is 57.1. The highest BCUT2D eigenvalue weighted by molar-refractivity contribution is 5.86. The van der Waals surface area contributed by atoms with Gasteiger partial charge >= 0.3 is 5.97 Å². The number of hydrogen-bond acceptors (Lipinski definition) is 18. The zero-order valence-electron chi connectivity index (χ0n) is 44.9. The monoisotopic (exact) mass is 1000 g/mol. The van der Waals surface area contributed by atoms with E-state index < -0.39 is 89.9 Å². The number of methoxy groups -OCH3 is 1. The van der Waals surface area contributed by atoms with E-state index in [0.29, 0.717) is 30.9 Å². The van der Waals surface area contributed by atoms with Gasteiger partial charge in [0.05, 0.1) is 66.9 Å². The second-order valence-corrected chi connectivity index (χ2v) is 21.7. The minimum atomic E-state index is -1.68. The Bertz CT molecular complexity index is 2000. The Kier molecular flexibility index (Phi) is 19.7. The zero-order valence-corrected chi connectivity index (χ0v) is 44.9. The van der Waals surface area contributed by atoms with E-state index in [2.05, 4.69) is 40.9 Å². The molecule has 0 spiro atoms. The topological polar surface area (TPSA) is 216 Å². The molecule has 19 heteroatoms. The van der Waals surface area contributed by atoms with Gasteiger partial charge in [-0.25, -0.2) is 9.67 Å². The van der Waals surface area contributed by atoms with Crippen LogP contribution in [0.4, 0.5) is 0 Å². The van der Waals surface area contributed by atoms with E-state index in [1.54, 1.807) is 38.0 Å². The number of oxime groups is 1. The van der Waals surface area contributed by atoms with Crippen LogP contribution in [0.5, 0.6) is 0 Å². The molecule has 7 rings (SSSR count). The number of rotatable bonds is 13. The molecule has 5 saturated heterocycles. The molecule has 0 radical (unpaired) electrons. The molecule has 402 valence electrons. The normalized spacial score (nSPS) is 41.1. The molecule has 18 atom stereocenters. The summed E-state index contributed by atoms with van der Waals surface area (Å²) in [6, 6.07) is 4.72. The summed E-state index contributed by atoms with van der Waals surface area (Å²) in [7, 11) is 5.49. The Hall–Kier alpha value is -3.18. The smallest absolute Gasteiger partial charge is 0.311 e. The number of nitrogens with zero attached hydrogens (tertiary/aromatic N) is 6. The molecule has 19 nitrogen and oxygen atoms in total. The molecule has 5 aliphatic rings. The molecule has 2 bridgehead atoms. The molecule has 4 N–H and O–H groups in total. The standard InChI is InChI=1S/C52H87N7O12/c1-15-21-58-27-31(3)46-52(11,62)40(16-2)69-48(61)35(7)44(70-42-25-50(9,63-14)45(53)36(8)68-42)34(6)47(71-49-43(60)39(57(12)13)23-33(5)67-49)51(10,24-32(58)4)65-30-38(29-64-46)56-66-28-37-18-19-41(54-26-37)59-22-17-20-55-59/h17-20,22,26,31-36,39-40,42-47,49,60,62H,15-16,21,23-25,27-30,53H2,1-14H3/t31-,32+,33+,34-,35+,36-,39-,40+,42-,43+,44-,45+,46+,47+,49-,50+,51+,52+/m0/s1. The third-order valence-corrected chi connectivity index (χ3v) is 15.6. The van der Waals surface area contributed by atoms with Crippen molar-refractivity contribution in [2.45, 2.75) is 205 Å². The number of carbonyl (C=O) groups is 1. The third-order valence-electron chi connectivity index (χ3n) is 15.6. The maximum Gasteiger partial charge on any atom is 0.311 e. The van der Waals surface area contributed by atoms with Gasteiger partial charge in [-0.1, -0.05) is 38.9 Å². The van der Waals surface area contributed by atoms with Gasteiger partial charge in [0.15, 0.2) is 18.4 Å². The number of esters is 1. The fraction of sp³-hybridized carbons (Fsp3) is 0.808. The van der Waals surface area contributed by atoms with Gasteiger partial charge in [0.2, 0.25) is 0 Å². The number of ether oxygens (including phenoxy) is 8. The van der Waals surface area contributed by atoms with Crippen molar-refractivity contribution in [2.75, 3.05) is 47.5 Å². The second kappa shape index (κ2) is 24.4. The Morgan fingerprint density at radius 2 is 1.77 bits per heavy atom. The van der Waals surface area contributed by atoms with Gasteiger partial charge in [0.25, 0.3) is 0 Å². The minimum absolute atomic E-state index is 0.0742. The second-order valence-electron chi connectivity index (χ2n) is 21.7. The summed E-state index contributed by atoms with van der Waals surface area (Å²) in [5.41, 5.74) is 4.14. The van der Waals surface area contributed by atoms with Gasteiger partial charge in [-0.3, -0.25) is 4.79 Å². The number of carbonyl (C=O) groups excluding carboxylic acids is 1. The van der Waals surface area contributed by atoms with Crippen LogP contribution in [-0.2, 0) is 54.1 Å². The molecule has 0 saturated carbocycles.